The molecule has 40 heavy (non-hydrogen) atoms. The molecule has 0 radical (unpaired) electrons. The number of piperazine rings is 1. The van der Waals surface area contributed by atoms with Crippen molar-refractivity contribution in [1.82, 2.24) is 14.6 Å². The van der Waals surface area contributed by atoms with Crippen LogP contribution in [0.2, 0.25) is 0 Å². The van der Waals surface area contributed by atoms with Crippen LogP contribution in [0.4, 0.5) is 24.5 Å². The Balaban J connectivity index is 1.48. The Kier molecular flexibility index (Phi) is 8.87. The first-order valence-electron chi connectivity index (χ1n) is 14.0. The van der Waals surface area contributed by atoms with E-state index in [1.54, 1.807) is 10.6 Å². The molecule has 5 nitrogen and oxygen atoms in total. The van der Waals surface area contributed by atoms with Crippen LogP contribution in [-0.4, -0.2) is 60.6 Å². The molecule has 5 aliphatic rings. The lowest BCUT2D eigenvalue weighted by atomic mass is 10.0. The summed E-state index contributed by atoms with van der Waals surface area (Å²) < 4.78 is 42.4. The number of anilines is 2. The molecule has 0 atom stereocenters. The maximum atomic E-state index is 13.6. The van der Waals surface area contributed by atoms with Crippen molar-refractivity contribution in [2.75, 3.05) is 56.0 Å². The summed E-state index contributed by atoms with van der Waals surface area (Å²) in [7, 11) is 0. The van der Waals surface area contributed by atoms with Crippen molar-refractivity contribution < 1.29 is 13.2 Å². The van der Waals surface area contributed by atoms with Gasteiger partial charge in [0.2, 0.25) is 0 Å². The molecule has 9 heteroatoms. The van der Waals surface area contributed by atoms with Gasteiger partial charge in [-0.15, -0.1) is 0 Å². The van der Waals surface area contributed by atoms with Gasteiger partial charge in [-0.25, -0.2) is 0 Å². The van der Waals surface area contributed by atoms with Gasteiger partial charge in [0, 0.05) is 62.1 Å². The molecule has 1 saturated heterocycles. The summed E-state index contributed by atoms with van der Waals surface area (Å²) in [5, 5.41) is 6.94. The molecule has 6 bridgehead atoms. The summed E-state index contributed by atoms with van der Waals surface area (Å²) >= 11 is -0.100. The van der Waals surface area contributed by atoms with Crippen LogP contribution in [0.3, 0.4) is 0 Å². The Morgan fingerprint density at radius 2 is 1.82 bits per heavy atom. The smallest absolute Gasteiger partial charge is 0.385 e. The van der Waals surface area contributed by atoms with Crippen LogP contribution in [0.5, 0.6) is 0 Å². The van der Waals surface area contributed by atoms with Crippen LogP contribution in [-0.2, 0) is 6.42 Å². The van der Waals surface area contributed by atoms with Crippen LogP contribution >= 0.6 is 11.8 Å². The summed E-state index contributed by atoms with van der Waals surface area (Å²) in [6.45, 7) is 12.2. The fourth-order valence-corrected chi connectivity index (χ4v) is 6.14. The van der Waals surface area contributed by atoms with Crippen LogP contribution < -0.4 is 15.5 Å². The van der Waals surface area contributed by atoms with E-state index in [1.165, 1.54) is 0 Å². The van der Waals surface area contributed by atoms with Crippen molar-refractivity contribution in [1.29, 1.82) is 0 Å². The van der Waals surface area contributed by atoms with Crippen molar-refractivity contribution in [2.45, 2.75) is 43.1 Å². The molecule has 2 aromatic heterocycles. The molecule has 0 spiro atoms. The normalized spacial score (nSPS) is 17.5. The first-order valence-corrected chi connectivity index (χ1v) is 14.8. The number of halogens is 3. The van der Waals surface area contributed by atoms with Gasteiger partial charge in [0.25, 0.3) is 0 Å². The summed E-state index contributed by atoms with van der Waals surface area (Å²) in [6.07, 6.45) is 5.92. The zero-order valence-electron chi connectivity index (χ0n) is 22.9. The highest BCUT2D eigenvalue weighted by Gasteiger charge is 2.33. The Morgan fingerprint density at radius 3 is 2.60 bits per heavy atom. The van der Waals surface area contributed by atoms with Crippen molar-refractivity contribution in [2.24, 2.45) is 0 Å². The summed E-state index contributed by atoms with van der Waals surface area (Å²) in [5.74, 6) is 6.10. The second-order valence-corrected chi connectivity index (χ2v) is 11.3. The van der Waals surface area contributed by atoms with E-state index in [1.807, 2.05) is 30.3 Å². The van der Waals surface area contributed by atoms with E-state index >= 15 is 0 Å². The third-order valence-electron chi connectivity index (χ3n) is 7.58. The largest absolute Gasteiger partial charge is 0.447 e. The van der Waals surface area contributed by atoms with Gasteiger partial charge < -0.3 is 19.9 Å². The molecule has 0 saturated carbocycles. The van der Waals surface area contributed by atoms with Crippen LogP contribution in [0.15, 0.2) is 54.2 Å². The van der Waals surface area contributed by atoms with Gasteiger partial charge in [0.05, 0.1) is 23.3 Å². The summed E-state index contributed by atoms with van der Waals surface area (Å²) in [6, 6.07) is 11.9. The molecular formula is C31H36F3N5S. The van der Waals surface area contributed by atoms with E-state index in [9.17, 15) is 13.2 Å². The number of aryl methyl sites for hydroxylation is 1. The van der Waals surface area contributed by atoms with E-state index in [2.05, 4.69) is 51.8 Å². The number of nitrogens with zero attached hydrogens (tertiary/aromatic N) is 3. The standard InChI is InChI=1S/C31H36F3N5S/c1-3-24-21-25-11-12-27(24)36-14-7-9-26-22-29-28(10-8-16-39(29)30(26)40-31(32,33)34)38-19-17-37(18-20-38)15-6-4-5-13-35-23(25)2/h8,10-12,16,21-22,35-36H,2-6,13-15,17-20H2,1H3. The molecule has 212 valence electrons. The number of pyridine rings is 1. The summed E-state index contributed by atoms with van der Waals surface area (Å²) in [5.41, 5.74) is 1.79. The number of nitrogens with one attached hydrogen (secondary N) is 2. The number of aromatic nitrogens is 1. The highest BCUT2D eigenvalue weighted by Crippen LogP contribution is 2.41. The zero-order chi connectivity index (χ0) is 28.1. The minimum Gasteiger partial charge on any atom is -0.385 e. The Labute approximate surface area is 238 Å². The van der Waals surface area contributed by atoms with Gasteiger partial charge in [-0.2, -0.15) is 13.2 Å². The van der Waals surface area contributed by atoms with Crippen molar-refractivity contribution in [3.8, 4) is 11.8 Å². The second-order valence-electron chi connectivity index (χ2n) is 10.2. The van der Waals surface area contributed by atoms with Crippen LogP contribution in [0.25, 0.3) is 11.2 Å². The molecular weight excluding hydrogens is 531 g/mol. The first-order chi connectivity index (χ1) is 19.3. The molecule has 5 aliphatic heterocycles. The fraction of sp³-hybridized carbons (Fsp3) is 0.419. The van der Waals surface area contributed by atoms with Gasteiger partial charge in [-0.05, 0) is 67.3 Å². The number of hydrogen-bond donors (Lipinski definition) is 2. The number of rotatable bonds is 2. The minimum absolute atomic E-state index is 0.100. The Morgan fingerprint density at radius 1 is 1.00 bits per heavy atom. The van der Waals surface area contributed by atoms with Gasteiger partial charge >= 0.3 is 5.51 Å². The lowest BCUT2D eigenvalue weighted by molar-refractivity contribution is -0.0329. The highest BCUT2D eigenvalue weighted by molar-refractivity contribution is 8.00. The molecule has 0 amide bonds. The lowest BCUT2D eigenvalue weighted by Gasteiger charge is -2.36. The van der Waals surface area contributed by atoms with Gasteiger partial charge in [0.15, 0.2) is 0 Å². The van der Waals surface area contributed by atoms with E-state index in [4.69, 9.17) is 0 Å². The van der Waals surface area contributed by atoms with Crippen molar-refractivity contribution >= 4 is 34.4 Å². The maximum absolute atomic E-state index is 13.6. The maximum Gasteiger partial charge on any atom is 0.447 e. The number of thioether (sulfide) groups is 1. The van der Waals surface area contributed by atoms with Crippen molar-refractivity contribution in [3.05, 3.63) is 65.9 Å². The third kappa shape index (κ3) is 6.73. The third-order valence-corrected chi connectivity index (χ3v) is 8.42. The predicted molar refractivity (Wildman–Crippen MR) is 160 cm³/mol. The quantitative estimate of drug-likeness (QED) is 0.275. The van der Waals surface area contributed by atoms with E-state index in [-0.39, 0.29) is 16.8 Å². The molecule has 1 aromatic carbocycles. The van der Waals surface area contributed by atoms with Crippen LogP contribution in [0, 0.1) is 11.8 Å². The monoisotopic (exact) mass is 567 g/mol. The molecule has 0 aliphatic carbocycles. The number of alkyl halides is 3. The molecule has 8 rings (SSSR count). The van der Waals surface area contributed by atoms with E-state index < -0.39 is 5.51 Å². The molecule has 2 N–H and O–H groups in total. The van der Waals surface area contributed by atoms with Gasteiger partial charge in [0.1, 0.15) is 5.03 Å². The SMILES string of the molecule is C=C1NCCCCCN2CCN(CC2)c2cccn3c(SC(F)(F)F)c(cc23)C#CCNc2ccc1cc2CC. The molecule has 7 heterocycles. The average molecular weight is 568 g/mol. The topological polar surface area (TPSA) is 34.9 Å². The molecule has 3 aromatic rings. The lowest BCUT2D eigenvalue weighted by Crippen LogP contribution is -2.46. The predicted octanol–water partition coefficient (Wildman–Crippen LogP) is 6.44. The first kappa shape index (κ1) is 28.3. The van der Waals surface area contributed by atoms with E-state index in [0.29, 0.717) is 12.1 Å². The molecule has 1 fully saturated rings. The zero-order valence-corrected chi connectivity index (χ0v) is 23.7. The fourth-order valence-electron chi connectivity index (χ4n) is 5.45. The Hall–Kier alpha value is -3.22. The van der Waals surface area contributed by atoms with Gasteiger partial charge in [-0.3, -0.25) is 4.90 Å². The van der Waals surface area contributed by atoms with E-state index in [0.717, 1.165) is 98.7 Å². The van der Waals surface area contributed by atoms with Gasteiger partial charge in [-0.1, -0.05) is 37.8 Å². The number of benzene rings is 1. The van der Waals surface area contributed by atoms with Crippen LogP contribution in [0.1, 0.15) is 42.9 Å². The average Bonchev–Trinajstić information content (AvgIpc) is 3.28. The van der Waals surface area contributed by atoms with Crippen molar-refractivity contribution in [3.63, 3.8) is 0 Å². The highest BCUT2D eigenvalue weighted by atomic mass is 32.2. The summed E-state index contributed by atoms with van der Waals surface area (Å²) in [4.78, 5) is 4.77. The number of hydrogen-bond acceptors (Lipinski definition) is 5. The second kappa shape index (κ2) is 12.5. The minimum atomic E-state index is -4.41. The Bertz CT molecular complexity index is 1410. The molecule has 0 unspecified atom stereocenters.